The molecule has 1 saturated heterocycles. The van der Waals surface area contributed by atoms with E-state index in [1.54, 1.807) is 6.07 Å². The number of benzene rings is 2. The van der Waals surface area contributed by atoms with Crippen molar-refractivity contribution in [3.63, 3.8) is 0 Å². The molecule has 2 aliphatic heterocycles. The van der Waals surface area contributed by atoms with E-state index >= 15 is 0 Å². The highest BCUT2D eigenvalue weighted by molar-refractivity contribution is 6.30. The molecule has 0 aromatic heterocycles. The first kappa shape index (κ1) is 19.6. The molecule has 4 rings (SSSR count). The first-order chi connectivity index (χ1) is 13.5. The number of nitrogens with zero attached hydrogens (tertiary/aromatic N) is 2. The van der Waals surface area contributed by atoms with Gasteiger partial charge in [-0.25, -0.2) is 0 Å². The zero-order valence-corrected chi connectivity index (χ0v) is 17.5. The van der Waals surface area contributed by atoms with Crippen molar-refractivity contribution in [3.8, 4) is 22.6 Å². The third kappa shape index (κ3) is 4.14. The summed E-state index contributed by atoms with van der Waals surface area (Å²) in [7, 11) is 0. The van der Waals surface area contributed by atoms with Crippen LogP contribution in [0.1, 0.15) is 32.3 Å². The van der Waals surface area contributed by atoms with E-state index in [0.717, 1.165) is 42.9 Å². The van der Waals surface area contributed by atoms with Crippen molar-refractivity contribution in [3.05, 3.63) is 47.0 Å². The van der Waals surface area contributed by atoms with Gasteiger partial charge >= 0.3 is 0 Å². The van der Waals surface area contributed by atoms with E-state index in [9.17, 15) is 5.11 Å². The van der Waals surface area contributed by atoms with Crippen LogP contribution in [0.2, 0.25) is 5.02 Å². The Balaban J connectivity index is 1.57. The summed E-state index contributed by atoms with van der Waals surface area (Å²) in [4.78, 5) is 5.09. The standard InChI is InChI=1S/C23H29ClN2O2/c1-16(2)25-8-6-21(7-9-25)26-10-11-28-23-19(15-26)12-18(14-22(23)27)17-4-3-5-20(24)13-17/h3-5,12-14,16,21,27H,6-11,15H2,1-2H3. The summed E-state index contributed by atoms with van der Waals surface area (Å²) in [5.74, 6) is 0.844. The Bertz CT molecular complexity index is 831. The lowest BCUT2D eigenvalue weighted by atomic mass is 9.99. The van der Waals surface area contributed by atoms with Gasteiger partial charge in [0.25, 0.3) is 0 Å². The van der Waals surface area contributed by atoms with Crippen molar-refractivity contribution in [1.82, 2.24) is 9.80 Å². The second-order valence-corrected chi connectivity index (χ2v) is 8.61. The molecule has 0 amide bonds. The molecule has 0 radical (unpaired) electrons. The van der Waals surface area contributed by atoms with Crippen LogP contribution in [0.25, 0.3) is 11.1 Å². The smallest absolute Gasteiger partial charge is 0.165 e. The molecule has 28 heavy (non-hydrogen) atoms. The number of piperidine rings is 1. The summed E-state index contributed by atoms with van der Waals surface area (Å²) in [6, 6.07) is 12.9. The molecule has 2 aromatic rings. The van der Waals surface area contributed by atoms with Gasteiger partial charge in [0.05, 0.1) is 0 Å². The molecule has 0 atom stereocenters. The number of ether oxygens (including phenoxy) is 1. The third-order valence-corrected chi connectivity index (χ3v) is 6.28. The second-order valence-electron chi connectivity index (χ2n) is 8.17. The van der Waals surface area contributed by atoms with Crippen LogP contribution in [0, 0.1) is 0 Å². The lowest BCUT2D eigenvalue weighted by Gasteiger charge is -2.39. The lowest BCUT2D eigenvalue weighted by molar-refractivity contribution is 0.0832. The van der Waals surface area contributed by atoms with Crippen molar-refractivity contribution < 1.29 is 9.84 Å². The number of fused-ring (bicyclic) bond motifs is 1. The maximum atomic E-state index is 10.6. The van der Waals surface area contributed by atoms with Crippen molar-refractivity contribution in [1.29, 1.82) is 0 Å². The number of phenols is 1. The van der Waals surface area contributed by atoms with Crippen LogP contribution in [-0.4, -0.2) is 53.2 Å². The molecule has 2 aliphatic rings. The van der Waals surface area contributed by atoms with Crippen molar-refractivity contribution in [2.45, 2.75) is 45.3 Å². The number of aromatic hydroxyl groups is 1. The van der Waals surface area contributed by atoms with Gasteiger partial charge in [-0.2, -0.15) is 0 Å². The first-order valence-corrected chi connectivity index (χ1v) is 10.6. The third-order valence-electron chi connectivity index (χ3n) is 6.05. The molecule has 150 valence electrons. The molecule has 0 bridgehead atoms. The van der Waals surface area contributed by atoms with Crippen LogP contribution < -0.4 is 4.74 Å². The molecular formula is C23H29ClN2O2. The average Bonchev–Trinajstić information content (AvgIpc) is 2.91. The minimum absolute atomic E-state index is 0.212. The SMILES string of the molecule is CC(C)N1CCC(N2CCOc3c(O)cc(-c4cccc(Cl)c4)cc3C2)CC1. The van der Waals surface area contributed by atoms with Crippen LogP contribution in [0.3, 0.4) is 0 Å². The zero-order chi connectivity index (χ0) is 19.7. The molecule has 2 heterocycles. The predicted molar refractivity (Wildman–Crippen MR) is 114 cm³/mol. The highest BCUT2D eigenvalue weighted by atomic mass is 35.5. The fraction of sp³-hybridized carbons (Fsp3) is 0.478. The second kappa shape index (κ2) is 8.32. The Morgan fingerprint density at radius 1 is 1.07 bits per heavy atom. The van der Waals surface area contributed by atoms with E-state index in [1.165, 1.54) is 12.8 Å². The minimum Gasteiger partial charge on any atom is -0.504 e. The molecule has 5 heteroatoms. The quantitative estimate of drug-likeness (QED) is 0.804. The van der Waals surface area contributed by atoms with Gasteiger partial charge in [0.1, 0.15) is 6.61 Å². The van der Waals surface area contributed by atoms with Gasteiger partial charge in [0.2, 0.25) is 0 Å². The van der Waals surface area contributed by atoms with Crippen molar-refractivity contribution in [2.24, 2.45) is 0 Å². The van der Waals surface area contributed by atoms with E-state index in [1.807, 2.05) is 24.3 Å². The Morgan fingerprint density at radius 3 is 2.57 bits per heavy atom. The maximum absolute atomic E-state index is 10.6. The summed E-state index contributed by atoms with van der Waals surface area (Å²) in [6.07, 6.45) is 2.38. The molecule has 4 nitrogen and oxygen atoms in total. The van der Waals surface area contributed by atoms with Crippen LogP contribution >= 0.6 is 11.6 Å². The van der Waals surface area contributed by atoms with E-state index in [4.69, 9.17) is 16.3 Å². The van der Waals surface area contributed by atoms with Crippen molar-refractivity contribution >= 4 is 11.6 Å². The van der Waals surface area contributed by atoms with Crippen LogP contribution in [0.15, 0.2) is 36.4 Å². The summed E-state index contributed by atoms with van der Waals surface area (Å²) < 4.78 is 5.95. The normalized spacial score (nSPS) is 19.3. The number of phenolic OH excluding ortho intramolecular Hbond substituents is 1. The van der Waals surface area contributed by atoms with Crippen LogP contribution in [0.5, 0.6) is 11.5 Å². The van der Waals surface area contributed by atoms with Crippen LogP contribution in [-0.2, 0) is 6.54 Å². The van der Waals surface area contributed by atoms with Crippen molar-refractivity contribution in [2.75, 3.05) is 26.2 Å². The summed E-state index contributed by atoms with van der Waals surface area (Å²) in [6.45, 7) is 9.17. The van der Waals surface area contributed by atoms with Gasteiger partial charge < -0.3 is 14.7 Å². The van der Waals surface area contributed by atoms with Gasteiger partial charge in [-0.05, 0) is 75.2 Å². The fourth-order valence-electron chi connectivity index (χ4n) is 4.43. The molecule has 1 N–H and O–H groups in total. The van der Waals surface area contributed by atoms with E-state index in [0.29, 0.717) is 29.5 Å². The van der Waals surface area contributed by atoms with Crippen LogP contribution in [0.4, 0.5) is 0 Å². The zero-order valence-electron chi connectivity index (χ0n) is 16.7. The topological polar surface area (TPSA) is 35.9 Å². The Kier molecular flexibility index (Phi) is 5.81. The van der Waals surface area contributed by atoms with Gasteiger partial charge in [0.15, 0.2) is 11.5 Å². The van der Waals surface area contributed by atoms with Gasteiger partial charge in [-0.3, -0.25) is 4.90 Å². The number of rotatable bonds is 3. The molecule has 0 spiro atoms. The molecule has 1 fully saturated rings. The average molecular weight is 401 g/mol. The first-order valence-electron chi connectivity index (χ1n) is 10.2. The highest BCUT2D eigenvalue weighted by Crippen LogP contribution is 2.38. The summed E-state index contributed by atoms with van der Waals surface area (Å²) >= 11 is 6.16. The van der Waals surface area contributed by atoms with Gasteiger partial charge in [-0.1, -0.05) is 23.7 Å². The van der Waals surface area contributed by atoms with Gasteiger partial charge in [-0.15, -0.1) is 0 Å². The maximum Gasteiger partial charge on any atom is 0.165 e. The fourth-order valence-corrected chi connectivity index (χ4v) is 4.62. The molecule has 0 unspecified atom stereocenters. The van der Waals surface area contributed by atoms with E-state index < -0.39 is 0 Å². The Morgan fingerprint density at radius 2 is 1.86 bits per heavy atom. The minimum atomic E-state index is 0.212. The highest BCUT2D eigenvalue weighted by Gasteiger charge is 2.28. The van der Waals surface area contributed by atoms with E-state index in [2.05, 4.69) is 29.7 Å². The largest absolute Gasteiger partial charge is 0.504 e. The summed E-state index contributed by atoms with van der Waals surface area (Å²) in [5, 5.41) is 11.3. The Hall–Kier alpha value is -1.75. The number of halogens is 1. The number of likely N-dealkylation sites (tertiary alicyclic amines) is 1. The monoisotopic (exact) mass is 400 g/mol. The number of hydrogen-bond donors (Lipinski definition) is 1. The number of hydrogen-bond acceptors (Lipinski definition) is 4. The molecule has 0 aliphatic carbocycles. The molecule has 0 saturated carbocycles. The Labute approximate surface area is 172 Å². The van der Waals surface area contributed by atoms with Gasteiger partial charge in [0, 0.05) is 35.8 Å². The lowest BCUT2D eigenvalue weighted by Crippen LogP contribution is -2.47. The molecule has 2 aromatic carbocycles. The summed E-state index contributed by atoms with van der Waals surface area (Å²) in [5.41, 5.74) is 3.03. The molecular weight excluding hydrogens is 372 g/mol. The van der Waals surface area contributed by atoms with E-state index in [-0.39, 0.29) is 5.75 Å². The predicted octanol–water partition coefficient (Wildman–Crippen LogP) is 4.78.